The van der Waals surface area contributed by atoms with Gasteiger partial charge in [0.25, 0.3) is 0 Å². The van der Waals surface area contributed by atoms with E-state index in [1.807, 2.05) is 0 Å². The van der Waals surface area contributed by atoms with Crippen molar-refractivity contribution in [2.45, 2.75) is 26.8 Å². The number of ether oxygens (including phenoxy) is 1. The molecule has 1 aromatic carbocycles. The van der Waals surface area contributed by atoms with Crippen molar-refractivity contribution < 1.29 is 9.84 Å². The third-order valence-corrected chi connectivity index (χ3v) is 2.70. The van der Waals surface area contributed by atoms with E-state index in [-0.39, 0.29) is 6.61 Å². The molecule has 0 unspecified atom stereocenters. The number of aryl methyl sites for hydroxylation is 2. The molecule has 0 aliphatic carbocycles. The van der Waals surface area contributed by atoms with E-state index in [4.69, 9.17) is 9.84 Å². The molecule has 0 aliphatic heterocycles. The average Bonchev–Trinajstić information content (AvgIpc) is 2.32. The summed E-state index contributed by atoms with van der Waals surface area (Å²) in [5.74, 6) is 0. The van der Waals surface area contributed by atoms with Crippen LogP contribution in [0.5, 0.6) is 0 Å². The van der Waals surface area contributed by atoms with Gasteiger partial charge in [-0.25, -0.2) is 0 Å². The lowest BCUT2D eigenvalue weighted by Gasteiger charge is -2.09. The zero-order chi connectivity index (χ0) is 12.5. The highest BCUT2D eigenvalue weighted by Gasteiger charge is 1.98. The van der Waals surface area contributed by atoms with E-state index in [2.05, 4.69) is 37.4 Å². The molecule has 96 valence electrons. The van der Waals surface area contributed by atoms with Crippen LogP contribution in [0.2, 0.25) is 0 Å². The van der Waals surface area contributed by atoms with Gasteiger partial charge < -0.3 is 15.2 Å². The number of aliphatic hydroxyl groups excluding tert-OH is 1. The maximum atomic E-state index is 8.53. The molecule has 0 heterocycles. The van der Waals surface area contributed by atoms with Crippen molar-refractivity contribution in [2.75, 3.05) is 26.4 Å². The van der Waals surface area contributed by atoms with Crippen molar-refractivity contribution in [3.63, 3.8) is 0 Å². The number of aliphatic hydroxyl groups is 1. The van der Waals surface area contributed by atoms with Gasteiger partial charge in [0.15, 0.2) is 0 Å². The molecule has 0 aliphatic rings. The van der Waals surface area contributed by atoms with Crippen LogP contribution in [0.4, 0.5) is 0 Å². The first-order chi connectivity index (χ1) is 8.24. The Morgan fingerprint density at radius 3 is 2.82 bits per heavy atom. The molecule has 1 aromatic rings. The van der Waals surface area contributed by atoms with Crippen LogP contribution < -0.4 is 5.32 Å². The summed E-state index contributed by atoms with van der Waals surface area (Å²) in [7, 11) is 0. The Morgan fingerprint density at radius 1 is 1.24 bits per heavy atom. The first-order valence-corrected chi connectivity index (χ1v) is 6.19. The SMILES string of the molecule is Cc1ccc(C)c(CNCCCOCCO)c1. The Labute approximate surface area is 104 Å². The molecule has 0 saturated carbocycles. The lowest BCUT2D eigenvalue weighted by atomic mass is 10.1. The molecule has 0 amide bonds. The molecule has 0 radical (unpaired) electrons. The third kappa shape index (κ3) is 5.82. The molecule has 3 nitrogen and oxygen atoms in total. The summed E-state index contributed by atoms with van der Waals surface area (Å²) < 4.78 is 5.19. The molecular weight excluding hydrogens is 214 g/mol. The summed E-state index contributed by atoms with van der Waals surface area (Å²) in [5.41, 5.74) is 4.00. The average molecular weight is 237 g/mol. The topological polar surface area (TPSA) is 41.5 Å². The van der Waals surface area contributed by atoms with Crippen LogP contribution in [-0.4, -0.2) is 31.5 Å². The van der Waals surface area contributed by atoms with Crippen molar-refractivity contribution in [3.8, 4) is 0 Å². The van der Waals surface area contributed by atoms with Crippen molar-refractivity contribution >= 4 is 0 Å². The molecule has 0 spiro atoms. The van der Waals surface area contributed by atoms with Gasteiger partial charge in [-0.1, -0.05) is 23.8 Å². The van der Waals surface area contributed by atoms with Gasteiger partial charge in [0, 0.05) is 13.2 Å². The van der Waals surface area contributed by atoms with E-state index in [1.54, 1.807) is 0 Å². The van der Waals surface area contributed by atoms with Gasteiger partial charge in [-0.2, -0.15) is 0 Å². The molecule has 1 rings (SSSR count). The lowest BCUT2D eigenvalue weighted by molar-refractivity contribution is 0.0907. The second-order valence-corrected chi connectivity index (χ2v) is 4.30. The second kappa shape index (κ2) is 8.23. The summed E-state index contributed by atoms with van der Waals surface area (Å²) in [5, 5.41) is 11.9. The van der Waals surface area contributed by atoms with Crippen LogP contribution in [0.1, 0.15) is 23.1 Å². The molecule has 17 heavy (non-hydrogen) atoms. The number of rotatable bonds is 8. The molecular formula is C14H23NO2. The van der Waals surface area contributed by atoms with Gasteiger partial charge in [0.2, 0.25) is 0 Å². The standard InChI is InChI=1S/C14H23NO2/c1-12-4-5-13(2)14(10-12)11-15-6-3-8-17-9-7-16/h4-5,10,15-16H,3,6-9,11H2,1-2H3. The van der Waals surface area contributed by atoms with Gasteiger partial charge in [-0.15, -0.1) is 0 Å². The van der Waals surface area contributed by atoms with Crippen LogP contribution in [0.25, 0.3) is 0 Å². The molecule has 3 heteroatoms. The number of hydrogen-bond donors (Lipinski definition) is 2. The zero-order valence-electron chi connectivity index (χ0n) is 10.8. The van der Waals surface area contributed by atoms with E-state index in [1.165, 1.54) is 16.7 Å². The quantitative estimate of drug-likeness (QED) is 0.677. The van der Waals surface area contributed by atoms with E-state index < -0.39 is 0 Å². The Morgan fingerprint density at radius 2 is 2.06 bits per heavy atom. The Kier molecular flexibility index (Phi) is 6.86. The van der Waals surface area contributed by atoms with E-state index in [9.17, 15) is 0 Å². The normalized spacial score (nSPS) is 10.8. The zero-order valence-corrected chi connectivity index (χ0v) is 10.8. The Balaban J connectivity index is 2.15. The number of benzene rings is 1. The van der Waals surface area contributed by atoms with Crippen molar-refractivity contribution in [3.05, 3.63) is 34.9 Å². The van der Waals surface area contributed by atoms with Crippen LogP contribution in [-0.2, 0) is 11.3 Å². The van der Waals surface area contributed by atoms with Gasteiger partial charge in [0.1, 0.15) is 0 Å². The maximum Gasteiger partial charge on any atom is 0.0697 e. The third-order valence-electron chi connectivity index (χ3n) is 2.70. The minimum absolute atomic E-state index is 0.107. The fourth-order valence-corrected chi connectivity index (χ4v) is 1.68. The summed E-state index contributed by atoms with van der Waals surface area (Å²) in [6.45, 7) is 7.37. The lowest BCUT2D eigenvalue weighted by Crippen LogP contribution is -2.17. The van der Waals surface area contributed by atoms with E-state index in [0.717, 1.165) is 19.5 Å². The Bertz CT molecular complexity index is 326. The van der Waals surface area contributed by atoms with Crippen LogP contribution in [0, 0.1) is 13.8 Å². The predicted molar refractivity (Wildman–Crippen MR) is 70.1 cm³/mol. The van der Waals surface area contributed by atoms with Gasteiger partial charge in [0.05, 0.1) is 13.2 Å². The van der Waals surface area contributed by atoms with Crippen molar-refractivity contribution in [2.24, 2.45) is 0 Å². The molecule has 2 N–H and O–H groups in total. The highest BCUT2D eigenvalue weighted by atomic mass is 16.5. The van der Waals surface area contributed by atoms with Crippen LogP contribution in [0.15, 0.2) is 18.2 Å². The van der Waals surface area contributed by atoms with Crippen molar-refractivity contribution in [1.82, 2.24) is 5.32 Å². The fourth-order valence-electron chi connectivity index (χ4n) is 1.68. The summed E-state index contributed by atoms with van der Waals surface area (Å²) >= 11 is 0. The highest BCUT2D eigenvalue weighted by molar-refractivity contribution is 5.30. The molecule has 0 fully saturated rings. The summed E-state index contributed by atoms with van der Waals surface area (Å²) in [6.07, 6.45) is 0.977. The van der Waals surface area contributed by atoms with Crippen LogP contribution >= 0.6 is 0 Å². The van der Waals surface area contributed by atoms with Gasteiger partial charge in [-0.3, -0.25) is 0 Å². The van der Waals surface area contributed by atoms with E-state index in [0.29, 0.717) is 13.2 Å². The minimum Gasteiger partial charge on any atom is -0.394 e. The van der Waals surface area contributed by atoms with Gasteiger partial charge >= 0.3 is 0 Å². The number of nitrogens with one attached hydrogen (secondary N) is 1. The largest absolute Gasteiger partial charge is 0.394 e. The molecule has 0 aromatic heterocycles. The monoisotopic (exact) mass is 237 g/mol. The fraction of sp³-hybridized carbons (Fsp3) is 0.571. The summed E-state index contributed by atoms with van der Waals surface area (Å²) in [4.78, 5) is 0. The number of hydrogen-bond acceptors (Lipinski definition) is 3. The highest BCUT2D eigenvalue weighted by Crippen LogP contribution is 2.09. The molecule has 0 bridgehead atoms. The molecule has 0 saturated heterocycles. The first-order valence-electron chi connectivity index (χ1n) is 6.19. The van der Waals surface area contributed by atoms with Gasteiger partial charge in [-0.05, 0) is 37.9 Å². The summed E-state index contributed by atoms with van der Waals surface area (Å²) in [6, 6.07) is 6.53. The smallest absolute Gasteiger partial charge is 0.0697 e. The predicted octanol–water partition coefficient (Wildman–Crippen LogP) is 1.79. The first kappa shape index (κ1) is 14.2. The van der Waals surface area contributed by atoms with Crippen molar-refractivity contribution in [1.29, 1.82) is 0 Å². The minimum atomic E-state index is 0.107. The molecule has 0 atom stereocenters. The second-order valence-electron chi connectivity index (χ2n) is 4.30. The van der Waals surface area contributed by atoms with E-state index >= 15 is 0 Å². The van der Waals surface area contributed by atoms with Crippen LogP contribution in [0.3, 0.4) is 0 Å². The maximum absolute atomic E-state index is 8.53. The Hall–Kier alpha value is -0.900.